The largest absolute Gasteiger partial charge is 0.322 e. The van der Waals surface area contributed by atoms with Crippen molar-refractivity contribution in [2.24, 2.45) is 0 Å². The summed E-state index contributed by atoms with van der Waals surface area (Å²) >= 11 is 0. The minimum Gasteiger partial charge on any atom is -0.322 e. The van der Waals surface area contributed by atoms with Gasteiger partial charge in [-0.2, -0.15) is 5.10 Å². The molecule has 0 aliphatic carbocycles. The third kappa shape index (κ3) is 4.41. The van der Waals surface area contributed by atoms with Crippen LogP contribution in [0.25, 0.3) is 11.1 Å². The van der Waals surface area contributed by atoms with E-state index in [2.05, 4.69) is 21.0 Å². The molecule has 0 saturated carbocycles. The van der Waals surface area contributed by atoms with Crippen LogP contribution < -0.4 is 16.0 Å². The van der Waals surface area contributed by atoms with Crippen LogP contribution in [0.5, 0.6) is 0 Å². The van der Waals surface area contributed by atoms with Crippen LogP contribution in [0, 0.1) is 0 Å². The average molecular weight is 466 g/mol. The van der Waals surface area contributed by atoms with E-state index in [1.165, 1.54) is 0 Å². The van der Waals surface area contributed by atoms with Crippen LogP contribution in [0.1, 0.15) is 28.4 Å². The number of rotatable bonds is 6. The monoisotopic (exact) mass is 465 g/mol. The zero-order valence-electron chi connectivity index (χ0n) is 19.0. The summed E-state index contributed by atoms with van der Waals surface area (Å²) in [5, 5.41) is 12.0. The number of nitrogens with one attached hydrogen (secondary N) is 3. The molecule has 0 radical (unpaired) electrons. The predicted molar refractivity (Wildman–Crippen MR) is 132 cm³/mol. The van der Waals surface area contributed by atoms with Crippen molar-refractivity contribution >= 4 is 23.5 Å². The Balaban J connectivity index is 1.37. The summed E-state index contributed by atoms with van der Waals surface area (Å²) in [5.41, 5.74) is 3.25. The Morgan fingerprint density at radius 3 is 2.51 bits per heavy atom. The number of aromatic nitrogens is 2. The lowest BCUT2D eigenvalue weighted by molar-refractivity contribution is -0.123. The summed E-state index contributed by atoms with van der Waals surface area (Å²) in [6.45, 7) is 2.29. The standard InChI is InChI=1S/C27H23N5O3/c1-27(25(34)30-26(35)31-27)20-6-4-7-21(16-20)29-24(33)23-9-3-2-8-22(23)19-12-10-18(11-13-19)17-32-15-5-14-28-32/h2-16H,17H2,1H3,(H,29,33)(H2,30,31,34,35). The second-order valence-electron chi connectivity index (χ2n) is 8.51. The molecule has 1 aliphatic rings. The van der Waals surface area contributed by atoms with Gasteiger partial charge < -0.3 is 10.6 Å². The maximum atomic E-state index is 13.2. The van der Waals surface area contributed by atoms with E-state index in [-0.39, 0.29) is 5.91 Å². The van der Waals surface area contributed by atoms with Gasteiger partial charge in [-0.15, -0.1) is 0 Å². The Labute approximate surface area is 202 Å². The first-order valence-electron chi connectivity index (χ1n) is 11.1. The SMILES string of the molecule is CC1(c2cccc(NC(=O)c3ccccc3-c3ccc(Cn4cccn4)cc3)c2)NC(=O)NC1=O. The van der Waals surface area contributed by atoms with Crippen molar-refractivity contribution in [3.8, 4) is 11.1 Å². The zero-order valence-corrected chi connectivity index (χ0v) is 19.0. The number of nitrogens with zero attached hydrogens (tertiary/aromatic N) is 2. The summed E-state index contributed by atoms with van der Waals surface area (Å²) in [7, 11) is 0. The highest BCUT2D eigenvalue weighted by atomic mass is 16.2. The third-order valence-corrected chi connectivity index (χ3v) is 6.08. The fraction of sp³-hybridized carbons (Fsp3) is 0.111. The molecule has 4 amide bonds. The highest BCUT2D eigenvalue weighted by Crippen LogP contribution is 2.28. The molecule has 3 aromatic carbocycles. The molecule has 4 aromatic rings. The Kier molecular flexibility index (Phi) is 5.62. The molecule has 1 aliphatic heterocycles. The number of amides is 4. The normalized spacial score (nSPS) is 17.1. The van der Waals surface area contributed by atoms with E-state index in [9.17, 15) is 14.4 Å². The van der Waals surface area contributed by atoms with E-state index in [1.54, 1.807) is 43.5 Å². The van der Waals surface area contributed by atoms with Crippen molar-refractivity contribution in [2.45, 2.75) is 19.0 Å². The second kappa shape index (κ2) is 8.90. The molecule has 5 rings (SSSR count). The zero-order chi connectivity index (χ0) is 24.4. The molecule has 174 valence electrons. The molecule has 8 heteroatoms. The average Bonchev–Trinajstić information content (AvgIpc) is 3.47. The lowest BCUT2D eigenvalue weighted by Crippen LogP contribution is -2.40. The van der Waals surface area contributed by atoms with Gasteiger partial charge in [0.15, 0.2) is 0 Å². The van der Waals surface area contributed by atoms with Crippen LogP contribution in [0.3, 0.4) is 0 Å². The van der Waals surface area contributed by atoms with Crippen LogP contribution >= 0.6 is 0 Å². The molecule has 1 aromatic heterocycles. The molecule has 1 atom stereocenters. The van der Waals surface area contributed by atoms with Crippen molar-refractivity contribution in [3.63, 3.8) is 0 Å². The topological polar surface area (TPSA) is 105 Å². The minimum atomic E-state index is -1.20. The summed E-state index contributed by atoms with van der Waals surface area (Å²) in [4.78, 5) is 37.2. The van der Waals surface area contributed by atoms with Crippen molar-refractivity contribution < 1.29 is 14.4 Å². The number of hydrogen-bond donors (Lipinski definition) is 3. The van der Waals surface area contributed by atoms with Gasteiger partial charge in [0, 0.05) is 23.6 Å². The fourth-order valence-corrected chi connectivity index (χ4v) is 4.16. The van der Waals surface area contributed by atoms with Gasteiger partial charge in [-0.3, -0.25) is 19.6 Å². The van der Waals surface area contributed by atoms with Gasteiger partial charge in [-0.25, -0.2) is 4.79 Å². The highest BCUT2D eigenvalue weighted by molar-refractivity contribution is 6.09. The molecule has 0 bridgehead atoms. The number of carbonyl (C=O) groups excluding carboxylic acids is 3. The van der Waals surface area contributed by atoms with E-state index >= 15 is 0 Å². The summed E-state index contributed by atoms with van der Waals surface area (Å²) < 4.78 is 1.85. The van der Waals surface area contributed by atoms with Gasteiger partial charge in [0.25, 0.3) is 11.8 Å². The highest BCUT2D eigenvalue weighted by Gasteiger charge is 2.43. The smallest absolute Gasteiger partial charge is 0.322 e. The Morgan fingerprint density at radius 1 is 1.00 bits per heavy atom. The number of hydrogen-bond acceptors (Lipinski definition) is 4. The molecular weight excluding hydrogens is 442 g/mol. The Morgan fingerprint density at radius 2 is 1.80 bits per heavy atom. The summed E-state index contributed by atoms with van der Waals surface area (Å²) in [6, 6.07) is 23.7. The molecule has 1 saturated heterocycles. The van der Waals surface area contributed by atoms with Gasteiger partial charge in [0.05, 0.1) is 6.54 Å². The molecule has 1 unspecified atom stereocenters. The van der Waals surface area contributed by atoms with Crippen molar-refractivity contribution in [1.82, 2.24) is 20.4 Å². The second-order valence-corrected chi connectivity index (χ2v) is 8.51. The van der Waals surface area contributed by atoms with Crippen LogP contribution in [-0.4, -0.2) is 27.6 Å². The van der Waals surface area contributed by atoms with Gasteiger partial charge in [-0.1, -0.05) is 54.6 Å². The molecule has 35 heavy (non-hydrogen) atoms. The van der Waals surface area contributed by atoms with Crippen molar-refractivity contribution in [3.05, 3.63) is 108 Å². The number of imide groups is 1. The van der Waals surface area contributed by atoms with E-state index in [0.717, 1.165) is 16.7 Å². The first-order valence-corrected chi connectivity index (χ1v) is 11.1. The minimum absolute atomic E-state index is 0.275. The molecule has 3 N–H and O–H groups in total. The third-order valence-electron chi connectivity index (χ3n) is 6.08. The number of urea groups is 1. The first kappa shape index (κ1) is 22.1. The molecule has 1 fully saturated rings. The number of carbonyl (C=O) groups is 3. The maximum Gasteiger partial charge on any atom is 0.322 e. The van der Waals surface area contributed by atoms with E-state index in [1.807, 2.05) is 59.4 Å². The van der Waals surface area contributed by atoms with Crippen molar-refractivity contribution in [2.75, 3.05) is 5.32 Å². The number of benzene rings is 3. The van der Waals surface area contributed by atoms with Gasteiger partial charge in [-0.05, 0) is 53.4 Å². The predicted octanol–water partition coefficient (Wildman–Crippen LogP) is 3.91. The van der Waals surface area contributed by atoms with Crippen LogP contribution in [0.15, 0.2) is 91.3 Å². The first-order chi connectivity index (χ1) is 16.9. The lowest BCUT2D eigenvalue weighted by Gasteiger charge is -2.21. The molecule has 2 heterocycles. The van der Waals surface area contributed by atoms with Gasteiger partial charge in [0.1, 0.15) is 5.54 Å². The van der Waals surface area contributed by atoms with Gasteiger partial charge in [0.2, 0.25) is 0 Å². The maximum absolute atomic E-state index is 13.2. The summed E-state index contributed by atoms with van der Waals surface area (Å²) in [6.07, 6.45) is 3.66. The van der Waals surface area contributed by atoms with Crippen LogP contribution in [-0.2, 0) is 16.9 Å². The van der Waals surface area contributed by atoms with Gasteiger partial charge >= 0.3 is 6.03 Å². The molecule has 8 nitrogen and oxygen atoms in total. The summed E-state index contributed by atoms with van der Waals surface area (Å²) in [5.74, 6) is -0.712. The van der Waals surface area contributed by atoms with E-state index in [0.29, 0.717) is 23.4 Å². The molecule has 0 spiro atoms. The van der Waals surface area contributed by atoms with Crippen LogP contribution in [0.2, 0.25) is 0 Å². The fourth-order valence-electron chi connectivity index (χ4n) is 4.16. The van der Waals surface area contributed by atoms with Crippen molar-refractivity contribution in [1.29, 1.82) is 0 Å². The quantitative estimate of drug-likeness (QED) is 0.376. The number of anilines is 1. The van der Waals surface area contributed by atoms with E-state index in [4.69, 9.17) is 0 Å². The van der Waals surface area contributed by atoms with Crippen LogP contribution in [0.4, 0.5) is 10.5 Å². The Bertz CT molecular complexity index is 1410. The van der Waals surface area contributed by atoms with E-state index < -0.39 is 17.5 Å². The molecular formula is C27H23N5O3. The lowest BCUT2D eigenvalue weighted by atomic mass is 9.92. The Hall–Kier alpha value is -4.72.